The molecule has 2 N–H and O–H groups in total. The molecule has 3 nitrogen and oxygen atoms in total. The Kier molecular flexibility index (Phi) is 3.10. The maximum atomic E-state index is 11.1. The normalized spacial score (nSPS) is 44.9. The summed E-state index contributed by atoms with van der Waals surface area (Å²) >= 11 is 0. The zero-order valence-corrected chi connectivity index (χ0v) is 12.5. The molecule has 5 rings (SSSR count). The van der Waals surface area contributed by atoms with Crippen molar-refractivity contribution in [1.29, 1.82) is 0 Å². The predicted octanol–water partition coefficient (Wildman–Crippen LogP) is 2.54. The molecule has 4 bridgehead atoms. The fraction of sp³-hybridized carbons (Fsp3) is 0.941. The van der Waals surface area contributed by atoms with E-state index in [0.717, 1.165) is 17.8 Å². The van der Waals surface area contributed by atoms with Crippen LogP contribution in [0.15, 0.2) is 0 Å². The van der Waals surface area contributed by atoms with E-state index in [1.54, 1.807) is 0 Å². The van der Waals surface area contributed by atoms with Gasteiger partial charge in [-0.05, 0) is 88.1 Å². The summed E-state index contributed by atoms with van der Waals surface area (Å²) in [4.78, 5) is 13.9. The molecule has 0 atom stereocenters. The maximum Gasteiger partial charge on any atom is 0.217 e. The highest BCUT2D eigenvalue weighted by atomic mass is 16.1. The number of hydrogen-bond donors (Lipinski definition) is 1. The van der Waals surface area contributed by atoms with Crippen molar-refractivity contribution in [2.75, 3.05) is 13.1 Å². The molecule has 0 spiro atoms. The highest BCUT2D eigenvalue weighted by Gasteiger charge is 2.53. The number of nitrogens with zero attached hydrogens (tertiary/aromatic N) is 1. The lowest BCUT2D eigenvalue weighted by atomic mass is 9.52. The van der Waals surface area contributed by atoms with Crippen LogP contribution in [0.1, 0.15) is 57.8 Å². The van der Waals surface area contributed by atoms with Gasteiger partial charge in [0, 0.05) is 12.0 Å². The van der Waals surface area contributed by atoms with Crippen LogP contribution in [0.3, 0.4) is 0 Å². The number of rotatable bonds is 3. The van der Waals surface area contributed by atoms with Crippen LogP contribution in [0.4, 0.5) is 0 Å². The minimum absolute atomic E-state index is 0.113. The van der Waals surface area contributed by atoms with E-state index in [-0.39, 0.29) is 5.91 Å². The Balaban J connectivity index is 1.43. The van der Waals surface area contributed by atoms with Gasteiger partial charge in [0.05, 0.1) is 0 Å². The summed E-state index contributed by atoms with van der Waals surface area (Å²) in [5, 5.41) is 0. The molecule has 1 aliphatic heterocycles. The predicted molar refractivity (Wildman–Crippen MR) is 79.0 cm³/mol. The topological polar surface area (TPSA) is 46.3 Å². The van der Waals surface area contributed by atoms with Crippen molar-refractivity contribution in [2.24, 2.45) is 29.4 Å². The molecule has 0 aromatic rings. The Bertz CT molecular complexity index is 363. The highest BCUT2D eigenvalue weighted by Crippen LogP contribution is 2.58. The lowest BCUT2D eigenvalue weighted by molar-refractivity contribution is -0.120. The molecule has 0 aromatic carbocycles. The van der Waals surface area contributed by atoms with Crippen molar-refractivity contribution in [3.8, 4) is 0 Å². The smallest absolute Gasteiger partial charge is 0.217 e. The van der Waals surface area contributed by atoms with Crippen molar-refractivity contribution in [3.63, 3.8) is 0 Å². The molecule has 3 heteroatoms. The minimum Gasteiger partial charge on any atom is -0.370 e. The Morgan fingerprint density at radius 1 is 1.00 bits per heavy atom. The van der Waals surface area contributed by atoms with Crippen LogP contribution in [0.25, 0.3) is 0 Å². The zero-order chi connectivity index (χ0) is 13.7. The molecule has 4 aliphatic carbocycles. The van der Waals surface area contributed by atoms with Gasteiger partial charge < -0.3 is 5.73 Å². The van der Waals surface area contributed by atoms with Crippen molar-refractivity contribution in [3.05, 3.63) is 0 Å². The monoisotopic (exact) mass is 276 g/mol. The van der Waals surface area contributed by atoms with Crippen LogP contribution in [0.5, 0.6) is 0 Å². The molecule has 20 heavy (non-hydrogen) atoms. The average Bonchev–Trinajstić information content (AvgIpc) is 2.37. The molecule has 0 aromatic heterocycles. The second kappa shape index (κ2) is 4.72. The molecular formula is C17H28N2O. The maximum absolute atomic E-state index is 11.1. The summed E-state index contributed by atoms with van der Waals surface area (Å²) in [6.45, 7) is 2.42. The van der Waals surface area contributed by atoms with E-state index in [2.05, 4.69) is 4.90 Å². The highest BCUT2D eigenvalue weighted by molar-refractivity contribution is 5.73. The number of amides is 1. The van der Waals surface area contributed by atoms with E-state index in [4.69, 9.17) is 5.73 Å². The van der Waals surface area contributed by atoms with E-state index >= 15 is 0 Å². The molecule has 0 unspecified atom stereocenters. The van der Waals surface area contributed by atoms with Gasteiger partial charge in [-0.25, -0.2) is 0 Å². The van der Waals surface area contributed by atoms with E-state index in [9.17, 15) is 4.79 Å². The standard InChI is InChI=1S/C17H28N2O/c18-16(20)8-12-1-3-19(4-2-12)17-9-13-5-14(10-17)7-15(6-13)11-17/h12-15H,1-11H2,(H2,18,20). The number of hydrogen-bond acceptors (Lipinski definition) is 2. The lowest BCUT2D eigenvalue weighted by Crippen LogP contribution is -2.61. The Hall–Kier alpha value is -0.570. The fourth-order valence-electron chi connectivity index (χ4n) is 6.35. The number of primary amides is 1. The van der Waals surface area contributed by atoms with Crippen LogP contribution >= 0.6 is 0 Å². The van der Waals surface area contributed by atoms with Gasteiger partial charge in [0.1, 0.15) is 0 Å². The second-order valence-electron chi connectivity index (χ2n) is 8.24. The van der Waals surface area contributed by atoms with Crippen LogP contribution in [0.2, 0.25) is 0 Å². The molecule has 0 radical (unpaired) electrons. The minimum atomic E-state index is -0.113. The number of piperidine rings is 1. The van der Waals surface area contributed by atoms with Crippen LogP contribution in [-0.2, 0) is 4.79 Å². The summed E-state index contributed by atoms with van der Waals surface area (Å²) in [5.41, 5.74) is 5.91. The number of carbonyl (C=O) groups excluding carboxylic acids is 1. The van der Waals surface area contributed by atoms with Crippen molar-refractivity contribution in [1.82, 2.24) is 4.90 Å². The summed E-state index contributed by atoms with van der Waals surface area (Å²) < 4.78 is 0. The molecule has 5 aliphatic rings. The SMILES string of the molecule is NC(=O)CC1CCN(C23CC4CC(CC(C4)C2)C3)CC1. The molecule has 1 saturated heterocycles. The van der Waals surface area contributed by atoms with Crippen LogP contribution < -0.4 is 5.73 Å². The molecule has 1 heterocycles. The van der Waals surface area contributed by atoms with Gasteiger partial charge in [0.25, 0.3) is 0 Å². The Morgan fingerprint density at radius 2 is 1.50 bits per heavy atom. The van der Waals surface area contributed by atoms with Crippen molar-refractivity contribution < 1.29 is 4.79 Å². The first-order chi connectivity index (χ1) is 9.63. The lowest BCUT2D eigenvalue weighted by Gasteiger charge is -2.61. The van der Waals surface area contributed by atoms with Gasteiger partial charge >= 0.3 is 0 Å². The van der Waals surface area contributed by atoms with E-state index in [1.807, 2.05) is 0 Å². The van der Waals surface area contributed by atoms with Gasteiger partial charge in [0.15, 0.2) is 0 Å². The number of carbonyl (C=O) groups is 1. The van der Waals surface area contributed by atoms with Gasteiger partial charge in [-0.2, -0.15) is 0 Å². The van der Waals surface area contributed by atoms with Gasteiger partial charge in [-0.1, -0.05) is 0 Å². The summed E-state index contributed by atoms with van der Waals surface area (Å²) in [6, 6.07) is 0. The van der Waals surface area contributed by atoms with Gasteiger partial charge in [-0.3, -0.25) is 9.69 Å². The van der Waals surface area contributed by atoms with E-state index in [1.165, 1.54) is 64.5 Å². The molecule has 5 fully saturated rings. The number of likely N-dealkylation sites (tertiary alicyclic amines) is 1. The van der Waals surface area contributed by atoms with Crippen molar-refractivity contribution in [2.45, 2.75) is 63.3 Å². The third-order valence-corrected chi connectivity index (χ3v) is 6.78. The molecular weight excluding hydrogens is 248 g/mol. The first-order valence-electron chi connectivity index (χ1n) is 8.66. The third kappa shape index (κ3) is 2.18. The number of nitrogens with two attached hydrogens (primary N) is 1. The quantitative estimate of drug-likeness (QED) is 0.861. The van der Waals surface area contributed by atoms with Gasteiger partial charge in [0.2, 0.25) is 5.91 Å². The average molecular weight is 276 g/mol. The third-order valence-electron chi connectivity index (χ3n) is 6.78. The van der Waals surface area contributed by atoms with Crippen molar-refractivity contribution >= 4 is 5.91 Å². The Labute approximate surface area is 122 Å². The van der Waals surface area contributed by atoms with Gasteiger partial charge in [-0.15, -0.1) is 0 Å². The summed E-state index contributed by atoms with van der Waals surface area (Å²) in [5.74, 6) is 3.54. The summed E-state index contributed by atoms with van der Waals surface area (Å²) in [7, 11) is 0. The zero-order valence-electron chi connectivity index (χ0n) is 12.5. The van der Waals surface area contributed by atoms with E-state index in [0.29, 0.717) is 17.9 Å². The van der Waals surface area contributed by atoms with Crippen LogP contribution in [0, 0.1) is 23.7 Å². The first kappa shape index (κ1) is 13.1. The largest absolute Gasteiger partial charge is 0.370 e. The molecule has 4 saturated carbocycles. The van der Waals surface area contributed by atoms with E-state index < -0.39 is 0 Å². The summed E-state index contributed by atoms with van der Waals surface area (Å²) in [6.07, 6.45) is 12.0. The molecule has 1 amide bonds. The first-order valence-corrected chi connectivity index (χ1v) is 8.66. The second-order valence-corrected chi connectivity index (χ2v) is 8.24. The Morgan fingerprint density at radius 3 is 1.95 bits per heavy atom. The molecule has 112 valence electrons. The van der Waals surface area contributed by atoms with Crippen LogP contribution in [-0.4, -0.2) is 29.4 Å². The fourth-order valence-corrected chi connectivity index (χ4v) is 6.35.